The lowest BCUT2D eigenvalue weighted by atomic mass is 10.3. The highest BCUT2D eigenvalue weighted by molar-refractivity contribution is 7.09. The number of benzene rings is 1. The molecule has 2 heterocycles. The molecule has 0 amide bonds. The largest absolute Gasteiger partial charge is 0.486 e. The molecule has 0 unspecified atom stereocenters. The van der Waals surface area contributed by atoms with E-state index in [4.69, 9.17) is 13.9 Å². The lowest BCUT2D eigenvalue weighted by molar-refractivity contribution is 0.158. The Balaban J connectivity index is 1.62. The van der Waals surface area contributed by atoms with Crippen LogP contribution >= 0.6 is 11.3 Å². The summed E-state index contributed by atoms with van der Waals surface area (Å²) in [4.78, 5) is 16.1. The first kappa shape index (κ1) is 15.4. The zero-order chi connectivity index (χ0) is 16.1. The molecule has 0 fully saturated rings. The summed E-state index contributed by atoms with van der Waals surface area (Å²) >= 11 is 1.48. The minimum Gasteiger partial charge on any atom is -0.486 e. The van der Waals surface area contributed by atoms with Gasteiger partial charge in [-0.2, -0.15) is 4.68 Å². The van der Waals surface area contributed by atoms with E-state index in [0.717, 1.165) is 16.5 Å². The standard InChI is InChI=1S/C15H15N3O4S/c1-20-8-13-17-18(15(19)22-13)7-11-10-23-14(16-11)9-21-12-5-3-2-4-6-12/h2-6,10H,7-9H2,1H3. The summed E-state index contributed by atoms with van der Waals surface area (Å²) in [5.41, 5.74) is 0.737. The fraction of sp³-hybridized carbons (Fsp3) is 0.267. The monoisotopic (exact) mass is 333 g/mol. The van der Waals surface area contributed by atoms with E-state index in [2.05, 4.69) is 10.1 Å². The molecular formula is C15H15N3O4S. The molecule has 23 heavy (non-hydrogen) atoms. The van der Waals surface area contributed by atoms with E-state index >= 15 is 0 Å². The van der Waals surface area contributed by atoms with Crippen LogP contribution in [0.5, 0.6) is 5.75 Å². The van der Waals surface area contributed by atoms with Crippen LogP contribution in [0.1, 0.15) is 16.6 Å². The average Bonchev–Trinajstić information content (AvgIpc) is 3.14. The summed E-state index contributed by atoms with van der Waals surface area (Å²) < 4.78 is 16.7. The highest BCUT2D eigenvalue weighted by atomic mass is 32.1. The van der Waals surface area contributed by atoms with Crippen LogP contribution in [0, 0.1) is 0 Å². The van der Waals surface area contributed by atoms with E-state index in [1.165, 1.54) is 23.1 Å². The zero-order valence-corrected chi connectivity index (χ0v) is 13.3. The van der Waals surface area contributed by atoms with Crippen molar-refractivity contribution in [1.29, 1.82) is 0 Å². The van der Waals surface area contributed by atoms with Crippen LogP contribution in [-0.2, 0) is 24.5 Å². The van der Waals surface area contributed by atoms with Crippen LogP contribution in [0.3, 0.4) is 0 Å². The van der Waals surface area contributed by atoms with Gasteiger partial charge in [0.1, 0.15) is 24.0 Å². The molecule has 3 aromatic rings. The van der Waals surface area contributed by atoms with E-state index in [-0.39, 0.29) is 19.0 Å². The first-order chi connectivity index (χ1) is 11.2. The maximum Gasteiger partial charge on any atom is 0.437 e. The third kappa shape index (κ3) is 4.05. The number of hydrogen-bond donors (Lipinski definition) is 0. The van der Waals surface area contributed by atoms with Crippen LogP contribution in [0.4, 0.5) is 0 Å². The van der Waals surface area contributed by atoms with E-state index in [1.807, 2.05) is 35.7 Å². The Kier molecular flexibility index (Phi) is 4.84. The molecule has 3 rings (SSSR count). The summed E-state index contributed by atoms with van der Waals surface area (Å²) in [6.45, 7) is 0.806. The highest BCUT2D eigenvalue weighted by Crippen LogP contribution is 2.15. The van der Waals surface area contributed by atoms with E-state index < -0.39 is 5.76 Å². The van der Waals surface area contributed by atoms with E-state index in [1.54, 1.807) is 0 Å². The van der Waals surface area contributed by atoms with Crippen molar-refractivity contribution in [3.8, 4) is 5.75 Å². The molecule has 0 bridgehead atoms. The number of para-hydroxylation sites is 1. The van der Waals surface area contributed by atoms with Crippen molar-refractivity contribution in [2.24, 2.45) is 0 Å². The number of thiazole rings is 1. The minimum absolute atomic E-state index is 0.162. The van der Waals surface area contributed by atoms with Gasteiger partial charge in [0.15, 0.2) is 0 Å². The summed E-state index contributed by atoms with van der Waals surface area (Å²) in [6.07, 6.45) is 0. The van der Waals surface area contributed by atoms with Crippen molar-refractivity contribution in [1.82, 2.24) is 14.8 Å². The van der Waals surface area contributed by atoms with Gasteiger partial charge in [-0.25, -0.2) is 9.78 Å². The minimum atomic E-state index is -0.521. The molecule has 7 nitrogen and oxygen atoms in total. The molecule has 0 atom stereocenters. The van der Waals surface area contributed by atoms with E-state index in [0.29, 0.717) is 6.61 Å². The first-order valence-electron chi connectivity index (χ1n) is 6.91. The Bertz CT molecular complexity index is 809. The molecule has 0 radical (unpaired) electrons. The molecule has 1 aromatic carbocycles. The van der Waals surface area contributed by atoms with Crippen LogP contribution in [0.2, 0.25) is 0 Å². The van der Waals surface area contributed by atoms with Crippen molar-refractivity contribution < 1.29 is 13.9 Å². The summed E-state index contributed by atoms with van der Waals surface area (Å²) in [5, 5.41) is 6.75. The smallest absolute Gasteiger partial charge is 0.437 e. The number of aromatic nitrogens is 3. The van der Waals surface area contributed by atoms with Crippen molar-refractivity contribution >= 4 is 11.3 Å². The first-order valence-corrected chi connectivity index (χ1v) is 7.79. The number of nitrogens with zero attached hydrogens (tertiary/aromatic N) is 3. The highest BCUT2D eigenvalue weighted by Gasteiger charge is 2.10. The summed E-state index contributed by atoms with van der Waals surface area (Å²) in [7, 11) is 1.51. The van der Waals surface area contributed by atoms with Crippen LogP contribution in [0.25, 0.3) is 0 Å². The molecule has 0 saturated heterocycles. The van der Waals surface area contributed by atoms with Crippen molar-refractivity contribution in [3.05, 3.63) is 62.9 Å². The van der Waals surface area contributed by atoms with Crippen molar-refractivity contribution in [3.63, 3.8) is 0 Å². The molecular weight excluding hydrogens is 318 g/mol. The second-order valence-corrected chi connectivity index (χ2v) is 5.63. The van der Waals surface area contributed by atoms with Crippen LogP contribution in [-0.4, -0.2) is 21.9 Å². The molecule has 2 aromatic heterocycles. The van der Waals surface area contributed by atoms with Gasteiger partial charge in [0.25, 0.3) is 0 Å². The van der Waals surface area contributed by atoms with Gasteiger partial charge < -0.3 is 13.9 Å². The average molecular weight is 333 g/mol. The van der Waals surface area contributed by atoms with E-state index in [9.17, 15) is 4.79 Å². The zero-order valence-electron chi connectivity index (χ0n) is 12.5. The van der Waals surface area contributed by atoms with Crippen LogP contribution in [0.15, 0.2) is 44.9 Å². The predicted octanol–water partition coefficient (Wildman–Crippen LogP) is 2.07. The SMILES string of the molecule is COCc1nn(Cc2csc(COc3ccccc3)n2)c(=O)o1. The second-order valence-electron chi connectivity index (χ2n) is 4.69. The second kappa shape index (κ2) is 7.21. The molecule has 0 aliphatic heterocycles. The van der Waals surface area contributed by atoms with Gasteiger partial charge in [-0.3, -0.25) is 0 Å². The topological polar surface area (TPSA) is 79.4 Å². The van der Waals surface area contributed by atoms with Gasteiger partial charge in [-0.1, -0.05) is 18.2 Å². The fourth-order valence-corrected chi connectivity index (χ4v) is 2.63. The number of rotatable bonds is 7. The molecule has 0 aliphatic carbocycles. The predicted molar refractivity (Wildman–Crippen MR) is 83.5 cm³/mol. The van der Waals surface area contributed by atoms with Crippen LogP contribution < -0.4 is 10.5 Å². The Morgan fingerprint density at radius 1 is 1.26 bits per heavy atom. The summed E-state index contributed by atoms with van der Waals surface area (Å²) in [5.74, 6) is 0.522. The summed E-state index contributed by atoms with van der Waals surface area (Å²) in [6, 6.07) is 9.54. The van der Waals surface area contributed by atoms with Gasteiger partial charge in [-0.15, -0.1) is 16.4 Å². The van der Waals surface area contributed by atoms with Crippen molar-refractivity contribution in [2.75, 3.05) is 7.11 Å². The maximum absolute atomic E-state index is 11.7. The quantitative estimate of drug-likeness (QED) is 0.658. The Morgan fingerprint density at radius 2 is 2.09 bits per heavy atom. The van der Waals surface area contributed by atoms with Gasteiger partial charge in [0, 0.05) is 12.5 Å². The van der Waals surface area contributed by atoms with Crippen molar-refractivity contribution in [2.45, 2.75) is 19.8 Å². The lowest BCUT2D eigenvalue weighted by Crippen LogP contribution is -2.16. The van der Waals surface area contributed by atoms with Gasteiger partial charge in [0.05, 0.1) is 12.2 Å². The number of methoxy groups -OCH3 is 1. The number of hydrogen-bond acceptors (Lipinski definition) is 7. The fourth-order valence-electron chi connectivity index (χ4n) is 1.93. The Morgan fingerprint density at radius 3 is 2.87 bits per heavy atom. The Labute approximate surface area is 136 Å². The van der Waals surface area contributed by atoms with Gasteiger partial charge >= 0.3 is 5.76 Å². The molecule has 8 heteroatoms. The molecule has 0 spiro atoms. The third-order valence-electron chi connectivity index (χ3n) is 2.93. The third-order valence-corrected chi connectivity index (χ3v) is 3.80. The van der Waals surface area contributed by atoms with Gasteiger partial charge in [-0.05, 0) is 12.1 Å². The maximum atomic E-state index is 11.7. The molecule has 0 aliphatic rings. The lowest BCUT2D eigenvalue weighted by Gasteiger charge is -2.02. The van der Waals surface area contributed by atoms with Gasteiger partial charge in [0.2, 0.25) is 5.89 Å². The normalized spacial score (nSPS) is 10.8. The number of ether oxygens (including phenoxy) is 2. The molecule has 0 saturated carbocycles. The molecule has 120 valence electrons. The molecule has 0 N–H and O–H groups in total. The Hall–Kier alpha value is -2.45.